The van der Waals surface area contributed by atoms with Gasteiger partial charge in [-0.15, -0.1) is 0 Å². The second kappa shape index (κ2) is 9.20. The van der Waals surface area contributed by atoms with Crippen molar-refractivity contribution in [3.63, 3.8) is 0 Å². The Morgan fingerprint density at radius 1 is 1.12 bits per heavy atom. The van der Waals surface area contributed by atoms with Crippen molar-refractivity contribution in [2.24, 2.45) is 0 Å². The van der Waals surface area contributed by atoms with E-state index in [1.807, 2.05) is 24.3 Å². The Morgan fingerprint density at radius 3 is 1.69 bits per heavy atom. The fourth-order valence-electron chi connectivity index (χ4n) is 0.571. The quantitative estimate of drug-likeness (QED) is 0.364. The van der Waals surface area contributed by atoms with E-state index >= 15 is 0 Å². The van der Waals surface area contributed by atoms with E-state index in [1.165, 1.54) is 3.57 Å². The van der Waals surface area contributed by atoms with Crippen LogP contribution in [0.3, 0.4) is 0 Å². The highest BCUT2D eigenvalue weighted by molar-refractivity contribution is 14.1. The zero-order valence-electron chi connectivity index (χ0n) is 8.13. The number of nitrogens with zero attached hydrogens (tertiary/aromatic N) is 1. The molecule has 0 atom stereocenters. The molecule has 0 aliphatic carbocycles. The highest BCUT2D eigenvalue weighted by Crippen LogP contribution is 2.11. The molecular formula is C7H8BF4IN2O. The predicted molar refractivity (Wildman–Crippen MR) is 58.6 cm³/mol. The summed E-state index contributed by atoms with van der Waals surface area (Å²) in [6.07, 6.45) is 0. The first-order chi connectivity index (χ1) is 7.33. The summed E-state index contributed by atoms with van der Waals surface area (Å²) in [6.45, 7) is 0. The summed E-state index contributed by atoms with van der Waals surface area (Å²) in [7, 11) is -4.33. The maximum Gasteiger partial charge on any atom is 0.673 e. The Balaban J connectivity index is 0. The zero-order valence-corrected chi connectivity index (χ0v) is 10.3. The van der Waals surface area contributed by atoms with E-state index in [0.29, 0.717) is 0 Å². The Kier molecular flexibility index (Phi) is 9.98. The van der Waals surface area contributed by atoms with Crippen molar-refractivity contribution in [3.05, 3.63) is 27.8 Å². The van der Waals surface area contributed by atoms with E-state index in [1.54, 1.807) is 7.11 Å². The van der Waals surface area contributed by atoms with Crippen molar-refractivity contribution in [3.8, 4) is 5.75 Å². The molecule has 0 aliphatic rings. The number of nitrogens with one attached hydrogen (secondary N) is 1. The first-order valence-corrected chi connectivity index (χ1v) is 4.80. The van der Waals surface area contributed by atoms with Crippen molar-refractivity contribution >= 4 is 29.8 Å². The van der Waals surface area contributed by atoms with Crippen LogP contribution in [0.25, 0.3) is 0 Å². The molecular weight excluding hydrogens is 342 g/mol. The van der Waals surface area contributed by atoms with E-state index in [2.05, 4.69) is 22.6 Å². The predicted octanol–water partition coefficient (Wildman–Crippen LogP) is 1.88. The van der Waals surface area contributed by atoms with Crippen molar-refractivity contribution < 1.29 is 27.4 Å². The molecule has 1 N–H and O–H groups in total. The van der Waals surface area contributed by atoms with Crippen molar-refractivity contribution in [2.45, 2.75) is 0 Å². The molecule has 0 unspecified atom stereocenters. The van der Waals surface area contributed by atoms with Gasteiger partial charge < -0.3 is 22.0 Å². The van der Waals surface area contributed by atoms with Crippen LogP contribution in [0.1, 0.15) is 0 Å². The van der Waals surface area contributed by atoms with Crippen molar-refractivity contribution in [1.82, 2.24) is 0 Å². The van der Waals surface area contributed by atoms with Gasteiger partial charge in [0.05, 0.1) is 12.5 Å². The average Bonchev–Trinajstić information content (AvgIpc) is 2.20. The SMILES string of the molecule is COc1ccc(I)cc1.F[B-](F)(F)F.N#[NH+]. The first kappa shape index (κ1) is 17.4. The van der Waals surface area contributed by atoms with E-state index in [0.717, 1.165) is 5.75 Å². The molecule has 3 nitrogen and oxygen atoms in total. The molecule has 0 aromatic heterocycles. The molecule has 0 saturated heterocycles. The van der Waals surface area contributed by atoms with Gasteiger partial charge in [-0.2, -0.15) is 0 Å². The second-order valence-corrected chi connectivity index (χ2v) is 3.40. The lowest BCUT2D eigenvalue weighted by atomic mass is 10.3. The summed E-state index contributed by atoms with van der Waals surface area (Å²) in [5.41, 5.74) is 0. The molecule has 0 heterocycles. The lowest BCUT2D eigenvalue weighted by Crippen LogP contribution is -2.11. The van der Waals surface area contributed by atoms with Gasteiger partial charge in [0, 0.05) is 3.57 Å². The highest BCUT2D eigenvalue weighted by Gasteiger charge is 2.20. The zero-order chi connectivity index (χ0) is 13.2. The first-order valence-electron chi connectivity index (χ1n) is 3.72. The number of hydrogen-bond donors (Lipinski definition) is 1. The lowest BCUT2D eigenvalue weighted by molar-refractivity contribution is -0.175. The van der Waals surface area contributed by atoms with E-state index in [4.69, 9.17) is 15.5 Å². The van der Waals surface area contributed by atoms with Gasteiger partial charge in [0.2, 0.25) is 5.39 Å². The molecule has 1 rings (SSSR count). The Labute approximate surface area is 103 Å². The largest absolute Gasteiger partial charge is 0.673 e. The molecule has 0 aliphatic heterocycles. The average molecular weight is 350 g/mol. The van der Waals surface area contributed by atoms with E-state index < -0.39 is 7.25 Å². The summed E-state index contributed by atoms with van der Waals surface area (Å²) in [6, 6.07) is 7.92. The van der Waals surface area contributed by atoms with Gasteiger partial charge in [-0.05, 0) is 46.9 Å². The summed E-state index contributed by atoms with van der Waals surface area (Å²) < 4.78 is 45.2. The molecule has 0 amide bonds. The van der Waals surface area contributed by atoms with Gasteiger partial charge in [0.1, 0.15) is 5.75 Å². The number of methoxy groups -OCH3 is 1. The minimum Gasteiger partial charge on any atom is -0.497 e. The van der Waals surface area contributed by atoms with Crippen molar-refractivity contribution in [2.75, 3.05) is 7.11 Å². The fourth-order valence-corrected chi connectivity index (χ4v) is 0.930. The van der Waals surface area contributed by atoms with Crippen LogP contribution in [0, 0.1) is 8.96 Å². The lowest BCUT2D eigenvalue weighted by Gasteiger charge is -1.96. The number of hydrogen-bond acceptors (Lipinski definition) is 2. The fraction of sp³-hybridized carbons (Fsp3) is 0.143. The number of benzene rings is 1. The van der Waals surface area contributed by atoms with Gasteiger partial charge >= 0.3 is 7.25 Å². The topological polar surface area (TPSA) is 56.8 Å². The van der Waals surface area contributed by atoms with Gasteiger partial charge in [-0.25, -0.2) is 0 Å². The van der Waals surface area contributed by atoms with E-state index in [-0.39, 0.29) is 0 Å². The third kappa shape index (κ3) is 15.4. The van der Waals surface area contributed by atoms with Crippen LogP contribution in [0.2, 0.25) is 0 Å². The van der Waals surface area contributed by atoms with Gasteiger partial charge in [0.15, 0.2) is 0 Å². The number of ether oxygens (including phenoxy) is 1. The molecule has 9 heteroatoms. The summed E-state index contributed by atoms with van der Waals surface area (Å²) in [5, 5.41) is 11.0. The van der Waals surface area contributed by atoms with Crippen LogP contribution in [0.15, 0.2) is 24.3 Å². The number of diazo groups is 1. The third-order valence-electron chi connectivity index (χ3n) is 1.05. The smallest absolute Gasteiger partial charge is 0.497 e. The minimum absolute atomic E-state index is 0.912. The Bertz CT molecular complexity index is 297. The number of rotatable bonds is 1. The second-order valence-electron chi connectivity index (χ2n) is 2.15. The molecule has 0 spiro atoms. The maximum atomic E-state index is 9.75. The van der Waals surface area contributed by atoms with E-state index in [9.17, 15) is 17.3 Å². The molecule has 0 radical (unpaired) electrons. The molecule has 1 aromatic carbocycles. The Hall–Kier alpha value is -1.05. The number of halogens is 5. The molecule has 0 bridgehead atoms. The van der Waals surface area contributed by atoms with Gasteiger partial charge in [-0.1, -0.05) is 0 Å². The molecule has 90 valence electrons. The third-order valence-corrected chi connectivity index (χ3v) is 1.77. The minimum atomic E-state index is -6.00. The molecule has 16 heavy (non-hydrogen) atoms. The highest BCUT2D eigenvalue weighted by atomic mass is 127. The van der Waals surface area contributed by atoms with Crippen LogP contribution in [0.4, 0.5) is 17.3 Å². The van der Waals surface area contributed by atoms with Crippen LogP contribution in [-0.4, -0.2) is 14.4 Å². The van der Waals surface area contributed by atoms with Crippen LogP contribution < -0.4 is 10.1 Å². The monoisotopic (exact) mass is 350 g/mol. The normalized spacial score (nSPS) is 9.00. The Morgan fingerprint density at radius 2 is 1.44 bits per heavy atom. The summed E-state index contributed by atoms with van der Waals surface area (Å²) >= 11 is 2.26. The molecule has 0 fully saturated rings. The van der Waals surface area contributed by atoms with Crippen LogP contribution in [0.5, 0.6) is 5.75 Å². The standard InChI is InChI=1S/C7H7IO.BF4.N2/c1-9-7-4-2-6(8)3-5-7;2-1(3,4)5;1-2/h2-5H,1H3;;/q;-1;/p+1. The van der Waals surface area contributed by atoms with Gasteiger partial charge in [-0.3, -0.25) is 0 Å². The molecule has 0 saturated carbocycles. The maximum absolute atomic E-state index is 9.75. The summed E-state index contributed by atoms with van der Waals surface area (Å²) in [5.74, 6) is 0.912. The van der Waals surface area contributed by atoms with Crippen molar-refractivity contribution in [1.29, 1.82) is 5.39 Å². The van der Waals surface area contributed by atoms with Crippen LogP contribution >= 0.6 is 22.6 Å². The molecule has 1 aromatic rings. The summed E-state index contributed by atoms with van der Waals surface area (Å²) in [4.78, 5) is 0. The van der Waals surface area contributed by atoms with Crippen LogP contribution in [-0.2, 0) is 0 Å². The van der Waals surface area contributed by atoms with Gasteiger partial charge in [0.25, 0.3) is 0 Å².